The molecule has 0 aliphatic carbocycles. The first-order chi connectivity index (χ1) is 19.0. The summed E-state index contributed by atoms with van der Waals surface area (Å²) in [6.45, 7) is 5.50. The van der Waals surface area contributed by atoms with Gasteiger partial charge in [0.15, 0.2) is 0 Å². The molecule has 0 atom stereocenters. The zero-order valence-electron chi connectivity index (χ0n) is 21.9. The molecule has 0 radical (unpaired) electrons. The van der Waals surface area contributed by atoms with Gasteiger partial charge in [-0.15, -0.1) is 0 Å². The minimum atomic E-state index is -0.599. The summed E-state index contributed by atoms with van der Waals surface area (Å²) in [6, 6.07) is 22.7. The van der Waals surface area contributed by atoms with E-state index in [4.69, 9.17) is 15.1 Å². The van der Waals surface area contributed by atoms with Gasteiger partial charge in [0.2, 0.25) is 0 Å². The van der Waals surface area contributed by atoms with E-state index in [-0.39, 0.29) is 11.7 Å². The molecule has 2 amide bonds. The van der Waals surface area contributed by atoms with Crippen molar-refractivity contribution >= 4 is 34.6 Å². The Morgan fingerprint density at radius 3 is 2.54 bits per heavy atom. The van der Waals surface area contributed by atoms with E-state index < -0.39 is 6.09 Å². The van der Waals surface area contributed by atoms with Crippen molar-refractivity contribution in [1.82, 2.24) is 19.8 Å². The highest BCUT2D eigenvalue weighted by Crippen LogP contribution is 2.23. The number of imidazole rings is 1. The van der Waals surface area contributed by atoms with Gasteiger partial charge in [-0.05, 0) is 42.3 Å². The van der Waals surface area contributed by atoms with Crippen molar-refractivity contribution < 1.29 is 14.3 Å². The maximum absolute atomic E-state index is 12.7. The third-order valence-electron chi connectivity index (χ3n) is 6.73. The number of unbranched alkanes of at least 4 members (excludes halogenated alkanes) is 1. The molecular formula is C30H32N6O3. The van der Waals surface area contributed by atoms with Crippen LogP contribution in [0, 0.1) is 5.41 Å². The highest BCUT2D eigenvalue weighted by atomic mass is 16.5. The number of fused-ring (bicyclic) bond motifs is 3. The number of rotatable bonds is 8. The molecule has 3 aromatic carbocycles. The second-order valence-corrected chi connectivity index (χ2v) is 9.60. The van der Waals surface area contributed by atoms with Gasteiger partial charge in [-0.25, -0.2) is 9.78 Å². The lowest BCUT2D eigenvalue weighted by Crippen LogP contribution is -2.33. The van der Waals surface area contributed by atoms with Crippen LogP contribution in [0.4, 0.5) is 10.5 Å². The number of benzene rings is 3. The maximum atomic E-state index is 12.7. The minimum Gasteiger partial charge on any atom is -0.449 e. The third kappa shape index (κ3) is 6.32. The van der Waals surface area contributed by atoms with Crippen LogP contribution in [0.3, 0.4) is 0 Å². The van der Waals surface area contributed by atoms with Crippen molar-refractivity contribution in [3.8, 4) is 0 Å². The molecule has 1 aliphatic heterocycles. The SMILES string of the molecule is CCCCOC(=O)NC(=N)c1ccc(CN2CCn3c(nc4cc(C(=O)Nc5ccccc5)ccc43)C2)cc1. The number of para-hydroxylation sites is 1. The summed E-state index contributed by atoms with van der Waals surface area (Å²) >= 11 is 0. The number of amides is 2. The molecule has 0 saturated heterocycles. The van der Waals surface area contributed by atoms with Crippen LogP contribution < -0.4 is 10.6 Å². The normalized spacial score (nSPS) is 13.1. The summed E-state index contributed by atoms with van der Waals surface area (Å²) in [6.07, 6.45) is 1.14. The summed E-state index contributed by atoms with van der Waals surface area (Å²) in [4.78, 5) is 31.7. The van der Waals surface area contributed by atoms with E-state index in [9.17, 15) is 9.59 Å². The first-order valence-electron chi connectivity index (χ1n) is 13.2. The molecule has 3 N–H and O–H groups in total. The van der Waals surface area contributed by atoms with Crippen LogP contribution in [-0.4, -0.2) is 45.4 Å². The van der Waals surface area contributed by atoms with Gasteiger partial charge in [-0.1, -0.05) is 55.8 Å². The van der Waals surface area contributed by atoms with Crippen molar-refractivity contribution in [2.75, 3.05) is 18.5 Å². The molecule has 9 heteroatoms. The van der Waals surface area contributed by atoms with Gasteiger partial charge in [0.25, 0.3) is 5.91 Å². The Bertz CT molecular complexity index is 1480. The first-order valence-corrected chi connectivity index (χ1v) is 13.2. The fourth-order valence-electron chi connectivity index (χ4n) is 4.63. The quantitative estimate of drug-likeness (QED) is 0.168. The van der Waals surface area contributed by atoms with Crippen molar-refractivity contribution in [3.63, 3.8) is 0 Å². The van der Waals surface area contributed by atoms with E-state index in [0.717, 1.165) is 60.6 Å². The third-order valence-corrected chi connectivity index (χ3v) is 6.73. The molecule has 1 aromatic heterocycles. The average molecular weight is 525 g/mol. The molecule has 2 heterocycles. The fourth-order valence-corrected chi connectivity index (χ4v) is 4.63. The van der Waals surface area contributed by atoms with Crippen LogP contribution in [-0.2, 0) is 24.4 Å². The predicted molar refractivity (Wildman–Crippen MR) is 151 cm³/mol. The second kappa shape index (κ2) is 11.9. The van der Waals surface area contributed by atoms with Crippen LogP contribution in [0.2, 0.25) is 0 Å². The average Bonchev–Trinajstić information content (AvgIpc) is 3.31. The summed E-state index contributed by atoms with van der Waals surface area (Å²) < 4.78 is 7.29. The molecular weight excluding hydrogens is 492 g/mol. The Labute approximate surface area is 227 Å². The maximum Gasteiger partial charge on any atom is 0.412 e. The number of amidine groups is 1. The molecule has 0 spiro atoms. The lowest BCUT2D eigenvalue weighted by Gasteiger charge is -2.28. The number of hydrogen-bond donors (Lipinski definition) is 3. The number of hydrogen-bond acceptors (Lipinski definition) is 6. The minimum absolute atomic E-state index is 0.0200. The van der Waals surface area contributed by atoms with Gasteiger partial charge < -0.3 is 14.6 Å². The largest absolute Gasteiger partial charge is 0.449 e. The van der Waals surface area contributed by atoms with Crippen LogP contribution in [0.15, 0.2) is 72.8 Å². The monoisotopic (exact) mass is 524 g/mol. The molecule has 0 saturated carbocycles. The first kappa shape index (κ1) is 26.1. The van der Waals surface area contributed by atoms with Gasteiger partial charge in [-0.2, -0.15) is 0 Å². The number of carbonyl (C=O) groups excluding carboxylic acids is 2. The van der Waals surface area contributed by atoms with Crippen molar-refractivity contribution in [1.29, 1.82) is 5.41 Å². The standard InChI is InChI=1S/C30H32N6O3/c1-2-3-17-39-30(38)34-28(31)22-11-9-21(10-12-22)19-35-15-16-36-26-14-13-23(18-25(26)33-27(36)20-35)29(37)32-24-7-5-4-6-8-24/h4-14,18H,2-3,15-17,19-20H2,1H3,(H,32,37)(H2,31,34,38). The van der Waals surface area contributed by atoms with E-state index in [0.29, 0.717) is 24.3 Å². The van der Waals surface area contributed by atoms with Crippen LogP contribution >= 0.6 is 0 Å². The topological polar surface area (TPSA) is 112 Å². The lowest BCUT2D eigenvalue weighted by molar-refractivity contribution is 0.102. The van der Waals surface area contributed by atoms with Crippen LogP contribution in [0.25, 0.3) is 11.0 Å². The Kier molecular flexibility index (Phi) is 7.98. The van der Waals surface area contributed by atoms with Gasteiger partial charge in [-0.3, -0.25) is 20.4 Å². The van der Waals surface area contributed by atoms with Gasteiger partial charge in [0, 0.05) is 36.4 Å². The molecule has 5 rings (SSSR count). The number of anilines is 1. The highest BCUT2D eigenvalue weighted by Gasteiger charge is 2.21. The summed E-state index contributed by atoms with van der Waals surface area (Å²) in [5.74, 6) is 0.837. The number of aromatic nitrogens is 2. The number of nitrogens with one attached hydrogen (secondary N) is 3. The number of alkyl carbamates (subject to hydrolysis) is 1. The van der Waals surface area contributed by atoms with Crippen LogP contribution in [0.1, 0.15) is 47.1 Å². The predicted octanol–water partition coefficient (Wildman–Crippen LogP) is 5.16. The number of nitrogens with zero attached hydrogens (tertiary/aromatic N) is 3. The van der Waals surface area contributed by atoms with E-state index in [1.165, 1.54) is 0 Å². The van der Waals surface area contributed by atoms with Gasteiger partial charge in [0.1, 0.15) is 11.7 Å². The molecule has 0 bridgehead atoms. The highest BCUT2D eigenvalue weighted by molar-refractivity contribution is 6.06. The van der Waals surface area contributed by atoms with Crippen molar-refractivity contribution in [3.05, 3.63) is 95.3 Å². The van der Waals surface area contributed by atoms with Crippen molar-refractivity contribution in [2.24, 2.45) is 0 Å². The molecule has 1 aliphatic rings. The lowest BCUT2D eigenvalue weighted by atomic mass is 10.1. The zero-order valence-corrected chi connectivity index (χ0v) is 21.9. The van der Waals surface area contributed by atoms with E-state index in [2.05, 4.69) is 20.1 Å². The van der Waals surface area contributed by atoms with E-state index in [1.54, 1.807) is 0 Å². The van der Waals surface area contributed by atoms with Gasteiger partial charge >= 0.3 is 6.09 Å². The van der Waals surface area contributed by atoms with E-state index in [1.807, 2.05) is 79.7 Å². The molecule has 200 valence electrons. The fraction of sp³-hybridized carbons (Fsp3) is 0.267. The summed E-state index contributed by atoms with van der Waals surface area (Å²) in [5.41, 5.74) is 4.92. The molecule has 0 unspecified atom stereocenters. The van der Waals surface area contributed by atoms with Crippen molar-refractivity contribution in [2.45, 2.75) is 39.4 Å². The Morgan fingerprint density at radius 1 is 1.00 bits per heavy atom. The molecule has 0 fully saturated rings. The molecule has 9 nitrogen and oxygen atoms in total. The molecule has 39 heavy (non-hydrogen) atoms. The Hall–Kier alpha value is -4.50. The second-order valence-electron chi connectivity index (χ2n) is 9.60. The Morgan fingerprint density at radius 2 is 1.77 bits per heavy atom. The zero-order chi connectivity index (χ0) is 27.2. The smallest absolute Gasteiger partial charge is 0.412 e. The number of carbonyl (C=O) groups is 2. The van der Waals surface area contributed by atoms with Gasteiger partial charge in [0.05, 0.1) is 24.2 Å². The van der Waals surface area contributed by atoms with E-state index >= 15 is 0 Å². The Balaban J connectivity index is 1.20. The van der Waals surface area contributed by atoms with Crippen LogP contribution in [0.5, 0.6) is 0 Å². The molecule has 4 aromatic rings. The number of ether oxygens (including phenoxy) is 1. The summed E-state index contributed by atoms with van der Waals surface area (Å²) in [7, 11) is 0. The summed E-state index contributed by atoms with van der Waals surface area (Å²) in [5, 5.41) is 13.5.